The second kappa shape index (κ2) is 4.51. The van der Waals surface area contributed by atoms with Gasteiger partial charge in [0.15, 0.2) is 12.4 Å². The van der Waals surface area contributed by atoms with Crippen LogP contribution >= 0.6 is 0 Å². The highest BCUT2D eigenvalue weighted by molar-refractivity contribution is 5.35. The minimum atomic E-state index is -1.77. The molecule has 0 aliphatic carbocycles. The van der Waals surface area contributed by atoms with E-state index in [4.69, 9.17) is 15.6 Å². The van der Waals surface area contributed by atoms with E-state index in [0.29, 0.717) is 0 Å². The zero-order chi connectivity index (χ0) is 14.4. The van der Waals surface area contributed by atoms with Gasteiger partial charge in [0.1, 0.15) is 12.2 Å². The van der Waals surface area contributed by atoms with Crippen molar-refractivity contribution in [2.75, 3.05) is 12.3 Å². The minimum Gasteiger partial charge on any atom is -0.394 e. The van der Waals surface area contributed by atoms with Crippen molar-refractivity contribution in [3.05, 3.63) is 22.9 Å². The Morgan fingerprint density at radius 2 is 2.20 bits per heavy atom. The highest BCUT2D eigenvalue weighted by Gasteiger charge is 2.45. The smallest absolute Gasteiger partial charge is 0.357 e. The first-order valence-electron chi connectivity index (χ1n) is 5.84. The first kappa shape index (κ1) is 13.0. The Balaban J connectivity index is 2.09. The fourth-order valence-electron chi connectivity index (χ4n) is 2.21. The Hall–Kier alpha value is -2.04. The lowest BCUT2D eigenvalue weighted by Gasteiger charge is -2.15. The summed E-state index contributed by atoms with van der Waals surface area (Å²) in [7, 11) is 0. The zero-order valence-electron chi connectivity index (χ0n) is 10.1. The third-order valence-corrected chi connectivity index (χ3v) is 3.20. The lowest BCUT2D eigenvalue weighted by molar-refractivity contribution is -0.0459. The van der Waals surface area contributed by atoms with Gasteiger partial charge < -0.3 is 20.7 Å². The molecular formula is C10H12FN5O4. The van der Waals surface area contributed by atoms with Crippen LogP contribution in [0.5, 0.6) is 0 Å². The normalized spacial score (nSPS) is 30.1. The summed E-state index contributed by atoms with van der Waals surface area (Å²) in [4.78, 5) is 18.9. The van der Waals surface area contributed by atoms with E-state index < -0.39 is 36.9 Å². The van der Waals surface area contributed by atoms with Crippen molar-refractivity contribution in [1.82, 2.24) is 18.9 Å². The lowest BCUT2D eigenvalue weighted by Crippen LogP contribution is -2.30. The molecule has 1 aliphatic rings. The molecule has 3 heterocycles. The molecule has 20 heavy (non-hydrogen) atoms. The van der Waals surface area contributed by atoms with Gasteiger partial charge >= 0.3 is 5.69 Å². The Morgan fingerprint density at radius 1 is 1.45 bits per heavy atom. The van der Waals surface area contributed by atoms with Crippen molar-refractivity contribution < 1.29 is 19.3 Å². The third-order valence-electron chi connectivity index (χ3n) is 3.20. The molecule has 2 aromatic rings. The molecule has 1 unspecified atom stereocenters. The van der Waals surface area contributed by atoms with Crippen molar-refractivity contribution in [1.29, 1.82) is 0 Å². The van der Waals surface area contributed by atoms with Crippen LogP contribution in [-0.2, 0) is 4.74 Å². The van der Waals surface area contributed by atoms with Gasteiger partial charge in [0.25, 0.3) is 0 Å². The quantitative estimate of drug-likeness (QED) is 0.585. The number of hydrogen-bond acceptors (Lipinski definition) is 7. The van der Waals surface area contributed by atoms with Gasteiger partial charge in [-0.3, -0.25) is 4.57 Å². The standard InChI is InChI=1S/C10H12FN5O4/c11-5-6(18)4(3-17)20-7(5)15-1-2-16-9(15)13-8(12)14-10(16)19/h1-2,4-7,17-18H,3H2,(H2,12,14,19)/t4-,5+,6-,7?/m1/s1. The van der Waals surface area contributed by atoms with Crippen LogP contribution in [0.2, 0.25) is 0 Å². The number of imidazole rings is 1. The first-order chi connectivity index (χ1) is 9.52. The number of fused-ring (bicyclic) bond motifs is 1. The van der Waals surface area contributed by atoms with E-state index in [1.807, 2.05) is 0 Å². The summed E-state index contributed by atoms with van der Waals surface area (Å²) in [5, 5.41) is 18.6. The number of aliphatic hydroxyl groups is 2. The average Bonchev–Trinajstić information content (AvgIpc) is 2.93. The molecule has 4 atom stereocenters. The summed E-state index contributed by atoms with van der Waals surface area (Å²) in [6.07, 6.45) is -2.77. The van der Waals surface area contributed by atoms with Crippen LogP contribution in [0.1, 0.15) is 6.23 Å². The van der Waals surface area contributed by atoms with Crippen molar-refractivity contribution >= 4 is 11.7 Å². The molecule has 9 nitrogen and oxygen atoms in total. The molecule has 0 saturated carbocycles. The maximum atomic E-state index is 14.0. The molecule has 0 spiro atoms. The maximum Gasteiger partial charge on any atom is 0.357 e. The summed E-state index contributed by atoms with van der Waals surface area (Å²) in [5.41, 5.74) is 4.74. The second-order valence-electron chi connectivity index (χ2n) is 4.42. The van der Waals surface area contributed by atoms with Crippen LogP contribution in [0.25, 0.3) is 5.78 Å². The lowest BCUT2D eigenvalue weighted by atomic mass is 10.1. The summed E-state index contributed by atoms with van der Waals surface area (Å²) in [5.74, 6) is -0.205. The molecule has 0 bridgehead atoms. The molecule has 1 aliphatic heterocycles. The summed E-state index contributed by atoms with van der Waals surface area (Å²) < 4.78 is 21.6. The number of nitrogens with zero attached hydrogens (tertiary/aromatic N) is 4. The number of nitrogens with two attached hydrogens (primary N) is 1. The molecule has 0 radical (unpaired) electrons. The Morgan fingerprint density at radius 3 is 2.85 bits per heavy atom. The van der Waals surface area contributed by atoms with Gasteiger partial charge in [-0.05, 0) is 0 Å². The van der Waals surface area contributed by atoms with Crippen LogP contribution < -0.4 is 11.4 Å². The van der Waals surface area contributed by atoms with E-state index in [9.17, 15) is 14.3 Å². The van der Waals surface area contributed by atoms with Crippen LogP contribution in [-0.4, -0.2) is 54.1 Å². The third kappa shape index (κ3) is 1.77. The Bertz CT molecular complexity index is 701. The molecule has 2 aromatic heterocycles. The van der Waals surface area contributed by atoms with Gasteiger partial charge in [0.05, 0.1) is 6.61 Å². The molecule has 0 aromatic carbocycles. The fraction of sp³-hybridized carbons (Fsp3) is 0.500. The van der Waals surface area contributed by atoms with E-state index in [2.05, 4.69) is 9.97 Å². The first-order valence-corrected chi connectivity index (χ1v) is 5.84. The largest absolute Gasteiger partial charge is 0.394 e. The van der Waals surface area contributed by atoms with Crippen LogP contribution in [0.4, 0.5) is 10.3 Å². The molecule has 0 amide bonds. The van der Waals surface area contributed by atoms with Crippen LogP contribution in [0.15, 0.2) is 17.2 Å². The number of halogens is 1. The van der Waals surface area contributed by atoms with Crippen molar-refractivity contribution in [3.63, 3.8) is 0 Å². The van der Waals surface area contributed by atoms with Gasteiger partial charge in [0.2, 0.25) is 11.7 Å². The van der Waals surface area contributed by atoms with E-state index in [-0.39, 0.29) is 11.7 Å². The van der Waals surface area contributed by atoms with Crippen molar-refractivity contribution in [2.24, 2.45) is 0 Å². The number of anilines is 1. The Kier molecular flexibility index (Phi) is 2.92. The molecule has 1 fully saturated rings. The monoisotopic (exact) mass is 285 g/mol. The summed E-state index contributed by atoms with van der Waals surface area (Å²) >= 11 is 0. The van der Waals surface area contributed by atoms with Gasteiger partial charge in [-0.2, -0.15) is 9.97 Å². The van der Waals surface area contributed by atoms with E-state index >= 15 is 0 Å². The summed E-state index contributed by atoms with van der Waals surface area (Å²) in [6, 6.07) is 0. The number of hydrogen-bond donors (Lipinski definition) is 3. The number of nitrogen functional groups attached to an aromatic ring is 1. The van der Waals surface area contributed by atoms with E-state index in [0.717, 1.165) is 4.40 Å². The number of aliphatic hydroxyl groups excluding tert-OH is 2. The molecule has 10 heteroatoms. The zero-order valence-corrected chi connectivity index (χ0v) is 10.1. The maximum absolute atomic E-state index is 14.0. The fourth-order valence-corrected chi connectivity index (χ4v) is 2.21. The van der Waals surface area contributed by atoms with Gasteiger partial charge in [0, 0.05) is 12.4 Å². The number of aromatic nitrogens is 4. The summed E-state index contributed by atoms with van der Waals surface area (Å²) in [6.45, 7) is -0.519. The topological polar surface area (TPSA) is 128 Å². The van der Waals surface area contributed by atoms with Crippen molar-refractivity contribution in [3.8, 4) is 0 Å². The molecule has 4 N–H and O–H groups in total. The van der Waals surface area contributed by atoms with Crippen LogP contribution in [0, 0.1) is 0 Å². The van der Waals surface area contributed by atoms with Gasteiger partial charge in [-0.25, -0.2) is 13.6 Å². The SMILES string of the molecule is Nc1nc(=O)n2ccn(C3O[C@H](CO)[C@@H](O)[C@@H]3F)c2n1. The van der Waals surface area contributed by atoms with E-state index in [1.54, 1.807) is 0 Å². The highest BCUT2D eigenvalue weighted by Crippen LogP contribution is 2.32. The number of rotatable bonds is 2. The van der Waals surface area contributed by atoms with E-state index in [1.165, 1.54) is 17.0 Å². The molecule has 3 rings (SSSR count). The molecule has 1 saturated heterocycles. The van der Waals surface area contributed by atoms with Gasteiger partial charge in [-0.15, -0.1) is 0 Å². The number of ether oxygens (including phenoxy) is 1. The number of alkyl halides is 1. The Labute approximate surface area is 111 Å². The predicted molar refractivity (Wildman–Crippen MR) is 63.6 cm³/mol. The average molecular weight is 285 g/mol. The van der Waals surface area contributed by atoms with Gasteiger partial charge in [-0.1, -0.05) is 0 Å². The predicted octanol–water partition coefficient (Wildman–Crippen LogP) is -1.94. The van der Waals surface area contributed by atoms with Crippen molar-refractivity contribution in [2.45, 2.75) is 24.6 Å². The second-order valence-corrected chi connectivity index (χ2v) is 4.42. The van der Waals surface area contributed by atoms with Crippen LogP contribution in [0.3, 0.4) is 0 Å². The molecule has 108 valence electrons. The molecular weight excluding hydrogens is 273 g/mol. The highest BCUT2D eigenvalue weighted by atomic mass is 19.1. The minimum absolute atomic E-state index is 0.0425.